The van der Waals surface area contributed by atoms with Gasteiger partial charge >= 0.3 is 12.1 Å². The van der Waals surface area contributed by atoms with Gasteiger partial charge in [-0.15, -0.1) is 0 Å². The van der Waals surface area contributed by atoms with Gasteiger partial charge in [0, 0.05) is 5.57 Å². The first-order valence-electron chi connectivity index (χ1n) is 7.67. The van der Waals surface area contributed by atoms with Crippen molar-refractivity contribution in [2.45, 2.75) is 51.9 Å². The van der Waals surface area contributed by atoms with Gasteiger partial charge in [-0.3, -0.25) is 0 Å². The molecule has 1 amide bonds. The van der Waals surface area contributed by atoms with Crippen LogP contribution >= 0.6 is 0 Å². The quantitative estimate of drug-likeness (QED) is 0.867. The second-order valence-corrected chi connectivity index (χ2v) is 6.66. The highest BCUT2D eigenvalue weighted by Crippen LogP contribution is 2.19. The molecule has 0 saturated heterocycles. The summed E-state index contributed by atoms with van der Waals surface area (Å²) in [6, 6.07) is 9.35. The van der Waals surface area contributed by atoms with Crippen molar-refractivity contribution in [2.24, 2.45) is 0 Å². The van der Waals surface area contributed by atoms with Crippen LogP contribution in [-0.4, -0.2) is 29.8 Å². The van der Waals surface area contributed by atoms with E-state index in [2.05, 4.69) is 5.32 Å². The normalized spacial score (nSPS) is 18.9. The summed E-state index contributed by atoms with van der Waals surface area (Å²) in [5.74, 6) is -0.348. The Morgan fingerprint density at radius 3 is 2.48 bits per heavy atom. The highest BCUT2D eigenvalue weighted by molar-refractivity contribution is 5.90. The van der Waals surface area contributed by atoms with Gasteiger partial charge in [-0.2, -0.15) is 0 Å². The minimum Gasteiger partial charge on any atom is -0.453 e. The lowest BCUT2D eigenvalue weighted by Crippen LogP contribution is -2.46. The van der Waals surface area contributed by atoms with Crippen LogP contribution in [0.4, 0.5) is 4.79 Å². The van der Waals surface area contributed by atoms with E-state index in [0.29, 0.717) is 12.0 Å². The molecule has 0 unspecified atom stereocenters. The number of carbonyl (C=O) groups excluding carboxylic acids is 2. The van der Waals surface area contributed by atoms with Gasteiger partial charge in [-0.1, -0.05) is 30.3 Å². The molecule has 0 aliphatic carbocycles. The van der Waals surface area contributed by atoms with Gasteiger partial charge in [0.05, 0.1) is 6.04 Å². The number of alkyl carbamates (subject to hydrolysis) is 1. The Morgan fingerprint density at radius 2 is 1.96 bits per heavy atom. The fourth-order valence-corrected chi connectivity index (χ4v) is 2.34. The fraction of sp³-hybridized carbons (Fsp3) is 0.444. The molecule has 5 nitrogen and oxygen atoms in total. The molecule has 0 radical (unpaired) electrons. The van der Waals surface area contributed by atoms with Crippen LogP contribution in [0.15, 0.2) is 42.0 Å². The zero-order chi connectivity index (χ0) is 17.0. The lowest BCUT2D eigenvalue weighted by atomic mass is 10.0. The smallest absolute Gasteiger partial charge is 0.408 e. The van der Waals surface area contributed by atoms with Crippen LogP contribution in [0.3, 0.4) is 0 Å². The summed E-state index contributed by atoms with van der Waals surface area (Å²) >= 11 is 0. The van der Waals surface area contributed by atoms with Crippen LogP contribution in [0.2, 0.25) is 0 Å². The lowest BCUT2D eigenvalue weighted by Gasteiger charge is -2.26. The molecule has 0 aromatic heterocycles. The van der Waals surface area contributed by atoms with Gasteiger partial charge < -0.3 is 14.8 Å². The first-order chi connectivity index (χ1) is 10.7. The van der Waals surface area contributed by atoms with Gasteiger partial charge in [0.2, 0.25) is 0 Å². The maximum atomic E-state index is 12.1. The molecule has 1 aromatic rings. The Hall–Kier alpha value is -2.30. The zero-order valence-electron chi connectivity index (χ0n) is 14.0. The second-order valence-electron chi connectivity index (χ2n) is 6.66. The van der Waals surface area contributed by atoms with Gasteiger partial charge in [0.25, 0.3) is 0 Å². The van der Waals surface area contributed by atoms with Crippen molar-refractivity contribution >= 4 is 12.1 Å². The summed E-state index contributed by atoms with van der Waals surface area (Å²) in [6.45, 7) is 7.12. The van der Waals surface area contributed by atoms with E-state index in [-0.39, 0.29) is 12.0 Å². The van der Waals surface area contributed by atoms with Crippen LogP contribution in [0, 0.1) is 0 Å². The number of rotatable bonds is 4. The van der Waals surface area contributed by atoms with Crippen LogP contribution in [-0.2, 0) is 20.7 Å². The third-order valence-electron chi connectivity index (χ3n) is 3.38. The molecule has 5 heteroatoms. The highest BCUT2D eigenvalue weighted by Gasteiger charge is 2.32. The van der Waals surface area contributed by atoms with Crippen molar-refractivity contribution in [3.8, 4) is 0 Å². The minimum absolute atomic E-state index is 0.348. The van der Waals surface area contributed by atoms with Crippen molar-refractivity contribution in [2.75, 3.05) is 0 Å². The van der Waals surface area contributed by atoms with Crippen molar-refractivity contribution in [1.29, 1.82) is 0 Å². The Morgan fingerprint density at radius 1 is 1.30 bits per heavy atom. The summed E-state index contributed by atoms with van der Waals surface area (Å²) in [6.07, 6.45) is 1.28. The number of cyclic esters (lactones) is 1. The number of esters is 1. The van der Waals surface area contributed by atoms with Gasteiger partial charge in [0.15, 0.2) is 0 Å². The summed E-state index contributed by atoms with van der Waals surface area (Å²) in [5.41, 5.74) is 1.01. The van der Waals surface area contributed by atoms with Gasteiger partial charge in [-0.05, 0) is 45.8 Å². The average Bonchev–Trinajstić information content (AvgIpc) is 2.77. The molecular weight excluding hydrogens is 294 g/mol. The van der Waals surface area contributed by atoms with E-state index in [1.807, 2.05) is 30.3 Å². The Balaban J connectivity index is 2.12. The maximum Gasteiger partial charge on any atom is 0.408 e. The van der Waals surface area contributed by atoms with E-state index in [1.54, 1.807) is 33.8 Å². The number of nitrogens with one attached hydrogen (secondary N) is 1. The molecule has 0 bridgehead atoms. The predicted molar refractivity (Wildman–Crippen MR) is 86.9 cm³/mol. The predicted octanol–water partition coefficient (Wildman–Crippen LogP) is 2.99. The van der Waals surface area contributed by atoms with E-state index >= 15 is 0 Å². The molecule has 23 heavy (non-hydrogen) atoms. The summed E-state index contributed by atoms with van der Waals surface area (Å²) in [5, 5.41) is 2.82. The number of hydrogen-bond donors (Lipinski definition) is 1. The van der Waals surface area contributed by atoms with Crippen molar-refractivity contribution in [3.05, 3.63) is 47.5 Å². The van der Waals surface area contributed by atoms with E-state index < -0.39 is 17.8 Å². The molecule has 2 atom stereocenters. The third-order valence-corrected chi connectivity index (χ3v) is 3.38. The average molecular weight is 317 g/mol. The number of ether oxygens (including phenoxy) is 2. The Kier molecular flexibility index (Phi) is 5.08. The summed E-state index contributed by atoms with van der Waals surface area (Å²) in [4.78, 5) is 23.7. The number of benzene rings is 1. The molecular formula is C18H23NO4. The lowest BCUT2D eigenvalue weighted by molar-refractivity contribution is -0.140. The second kappa shape index (κ2) is 6.86. The zero-order valence-corrected chi connectivity index (χ0v) is 14.0. The highest BCUT2D eigenvalue weighted by atomic mass is 16.6. The third kappa shape index (κ3) is 5.13. The molecule has 124 valence electrons. The topological polar surface area (TPSA) is 64.6 Å². The van der Waals surface area contributed by atoms with Crippen LogP contribution in [0.5, 0.6) is 0 Å². The van der Waals surface area contributed by atoms with E-state index in [9.17, 15) is 9.59 Å². The standard InChI is InChI=1S/C18H23NO4/c1-12-10-15(22-16(12)20)14(11-13-8-6-5-7-9-13)19-17(21)23-18(2,3)4/h5-10,14-15H,11H2,1-4H3,(H,19,21)/t14-,15+/m0/s1. The van der Waals surface area contributed by atoms with Crippen molar-refractivity contribution in [3.63, 3.8) is 0 Å². The number of hydrogen-bond acceptors (Lipinski definition) is 4. The van der Waals surface area contributed by atoms with Crippen LogP contribution in [0.25, 0.3) is 0 Å². The molecule has 1 heterocycles. The maximum absolute atomic E-state index is 12.1. The molecule has 0 fully saturated rings. The molecule has 0 saturated carbocycles. The largest absolute Gasteiger partial charge is 0.453 e. The summed E-state index contributed by atoms with van der Waals surface area (Å²) in [7, 11) is 0. The molecule has 1 aliphatic rings. The SMILES string of the molecule is CC1=C[C@H]([C@H](Cc2ccccc2)NC(=O)OC(C)(C)C)OC1=O. The van der Waals surface area contributed by atoms with E-state index in [0.717, 1.165) is 5.56 Å². The Labute approximate surface area is 136 Å². The van der Waals surface area contributed by atoms with Gasteiger partial charge in [-0.25, -0.2) is 9.59 Å². The molecule has 0 spiro atoms. The molecule has 1 N–H and O–H groups in total. The first kappa shape index (κ1) is 17.1. The Bertz CT molecular complexity index is 601. The molecule has 2 rings (SSSR count). The van der Waals surface area contributed by atoms with E-state index in [1.165, 1.54) is 0 Å². The van der Waals surface area contributed by atoms with Gasteiger partial charge in [0.1, 0.15) is 11.7 Å². The minimum atomic E-state index is -0.584. The van der Waals surface area contributed by atoms with Crippen LogP contribution in [0.1, 0.15) is 33.3 Å². The first-order valence-corrected chi connectivity index (χ1v) is 7.67. The van der Waals surface area contributed by atoms with E-state index in [4.69, 9.17) is 9.47 Å². The van der Waals surface area contributed by atoms with Crippen molar-refractivity contribution in [1.82, 2.24) is 5.32 Å². The summed E-state index contributed by atoms with van der Waals surface area (Å²) < 4.78 is 10.6. The molecule has 1 aromatic carbocycles. The fourth-order valence-electron chi connectivity index (χ4n) is 2.34. The number of carbonyl (C=O) groups is 2. The van der Waals surface area contributed by atoms with Crippen LogP contribution < -0.4 is 5.32 Å². The molecule has 1 aliphatic heterocycles. The number of amides is 1. The van der Waals surface area contributed by atoms with Crippen molar-refractivity contribution < 1.29 is 19.1 Å². The monoisotopic (exact) mass is 317 g/mol.